The highest BCUT2D eigenvalue weighted by atomic mass is 19.1. The van der Waals surface area contributed by atoms with E-state index >= 15 is 0 Å². The molecule has 0 radical (unpaired) electrons. The normalized spacial score (nSPS) is 17.4. The van der Waals surface area contributed by atoms with Gasteiger partial charge in [0.2, 0.25) is 0 Å². The zero-order valence-corrected chi connectivity index (χ0v) is 17.4. The quantitative estimate of drug-likeness (QED) is 0.685. The summed E-state index contributed by atoms with van der Waals surface area (Å²) >= 11 is 0. The summed E-state index contributed by atoms with van der Waals surface area (Å²) in [6, 6.07) is 10.6. The monoisotopic (exact) mass is 398 g/mol. The molecule has 1 aromatic heterocycles. The molecule has 0 N–H and O–H groups in total. The maximum Gasteiger partial charge on any atom is 0.255 e. The molecule has 3 rings (SSSR count). The van der Waals surface area contributed by atoms with Gasteiger partial charge in [-0.1, -0.05) is 18.2 Å². The molecule has 1 amide bonds. The highest BCUT2D eigenvalue weighted by molar-refractivity contribution is 5.93. The molecule has 1 aromatic carbocycles. The van der Waals surface area contributed by atoms with Gasteiger partial charge < -0.3 is 9.80 Å². The molecule has 1 aliphatic heterocycles. The summed E-state index contributed by atoms with van der Waals surface area (Å²) in [5.74, 6) is 0.276. The lowest BCUT2D eigenvalue weighted by atomic mass is 9.96. The second-order valence-electron chi connectivity index (χ2n) is 8.13. The van der Waals surface area contributed by atoms with Crippen molar-refractivity contribution in [3.05, 3.63) is 65.7 Å². The highest BCUT2D eigenvalue weighted by Crippen LogP contribution is 2.21. The molecule has 156 valence electrons. The van der Waals surface area contributed by atoms with Crippen molar-refractivity contribution in [2.24, 2.45) is 5.92 Å². The average Bonchev–Trinajstić information content (AvgIpc) is 2.73. The van der Waals surface area contributed by atoms with E-state index in [1.807, 2.05) is 37.2 Å². The topological polar surface area (TPSA) is 39.7 Å². The molecule has 1 aliphatic rings. The second-order valence-corrected chi connectivity index (χ2v) is 8.13. The van der Waals surface area contributed by atoms with E-state index in [-0.39, 0.29) is 11.7 Å². The minimum atomic E-state index is -0.144. The van der Waals surface area contributed by atoms with Crippen molar-refractivity contribution in [1.82, 2.24) is 19.7 Å². The lowest BCUT2D eigenvalue weighted by molar-refractivity contribution is 0.0659. The van der Waals surface area contributed by atoms with Gasteiger partial charge in [0.1, 0.15) is 5.82 Å². The lowest BCUT2D eigenvalue weighted by Gasteiger charge is -2.36. The number of nitrogens with zero attached hydrogens (tertiary/aromatic N) is 4. The first-order chi connectivity index (χ1) is 14.0. The summed E-state index contributed by atoms with van der Waals surface area (Å²) in [7, 11) is 4.03. The molecular formula is C23H31FN4O. The maximum atomic E-state index is 14.0. The van der Waals surface area contributed by atoms with Crippen LogP contribution in [0.25, 0.3) is 0 Å². The third-order valence-corrected chi connectivity index (χ3v) is 5.45. The Morgan fingerprint density at radius 3 is 2.76 bits per heavy atom. The van der Waals surface area contributed by atoms with Crippen LogP contribution in [-0.4, -0.2) is 72.4 Å². The Morgan fingerprint density at radius 2 is 2.03 bits per heavy atom. The van der Waals surface area contributed by atoms with Crippen molar-refractivity contribution in [3.8, 4) is 0 Å². The molecule has 29 heavy (non-hydrogen) atoms. The van der Waals surface area contributed by atoms with E-state index in [0.29, 0.717) is 24.6 Å². The van der Waals surface area contributed by atoms with Crippen molar-refractivity contribution in [2.75, 3.05) is 46.8 Å². The summed E-state index contributed by atoms with van der Waals surface area (Å²) in [5.41, 5.74) is 1.37. The minimum absolute atomic E-state index is 0.0335. The summed E-state index contributed by atoms with van der Waals surface area (Å²) < 4.78 is 14.0. The van der Waals surface area contributed by atoms with E-state index in [1.165, 1.54) is 6.07 Å². The minimum Gasteiger partial charge on any atom is -0.337 e. The van der Waals surface area contributed by atoms with Crippen LogP contribution in [0.3, 0.4) is 0 Å². The first kappa shape index (κ1) is 21.4. The fourth-order valence-electron chi connectivity index (χ4n) is 3.89. The number of aromatic nitrogens is 1. The molecule has 0 saturated carbocycles. The molecule has 1 atom stereocenters. The van der Waals surface area contributed by atoms with E-state index in [2.05, 4.69) is 14.8 Å². The molecule has 0 aliphatic carbocycles. The van der Waals surface area contributed by atoms with Crippen LogP contribution in [-0.2, 0) is 6.54 Å². The molecule has 2 aromatic rings. The average molecular weight is 399 g/mol. The molecular weight excluding hydrogens is 367 g/mol. The van der Waals surface area contributed by atoms with Crippen LogP contribution in [0, 0.1) is 11.7 Å². The van der Waals surface area contributed by atoms with Crippen molar-refractivity contribution < 1.29 is 9.18 Å². The predicted octanol–water partition coefficient (Wildman–Crippen LogP) is 3.14. The van der Waals surface area contributed by atoms with Gasteiger partial charge in [0, 0.05) is 50.7 Å². The molecule has 6 heteroatoms. The van der Waals surface area contributed by atoms with E-state index in [9.17, 15) is 9.18 Å². The lowest BCUT2D eigenvalue weighted by Crippen LogP contribution is -2.44. The Morgan fingerprint density at radius 1 is 1.21 bits per heavy atom. The number of hydrogen-bond donors (Lipinski definition) is 0. The van der Waals surface area contributed by atoms with Crippen LogP contribution in [0.15, 0.2) is 48.8 Å². The van der Waals surface area contributed by atoms with Crippen LogP contribution in [0.1, 0.15) is 28.8 Å². The molecule has 0 bridgehead atoms. The van der Waals surface area contributed by atoms with E-state index in [1.54, 1.807) is 24.5 Å². The van der Waals surface area contributed by atoms with Crippen molar-refractivity contribution >= 4 is 5.91 Å². The second kappa shape index (κ2) is 10.5. The van der Waals surface area contributed by atoms with Gasteiger partial charge in [-0.2, -0.15) is 0 Å². The van der Waals surface area contributed by atoms with Crippen LogP contribution in [0.4, 0.5) is 4.39 Å². The summed E-state index contributed by atoms with van der Waals surface area (Å²) in [6.07, 6.45) is 5.48. The zero-order chi connectivity index (χ0) is 20.6. The number of benzene rings is 1. The Labute approximate surface area is 173 Å². The smallest absolute Gasteiger partial charge is 0.255 e. The fraction of sp³-hybridized carbons (Fsp3) is 0.478. The third-order valence-electron chi connectivity index (χ3n) is 5.45. The zero-order valence-electron chi connectivity index (χ0n) is 17.4. The number of likely N-dealkylation sites (tertiary alicyclic amines) is 1. The van der Waals surface area contributed by atoms with Gasteiger partial charge in [-0.3, -0.25) is 14.7 Å². The number of halogens is 1. The van der Waals surface area contributed by atoms with E-state index < -0.39 is 0 Å². The molecule has 1 unspecified atom stereocenters. The Hall–Kier alpha value is -2.31. The molecule has 0 spiro atoms. The largest absolute Gasteiger partial charge is 0.337 e. The molecule has 5 nitrogen and oxygen atoms in total. The third kappa shape index (κ3) is 6.34. The molecule has 1 fully saturated rings. The van der Waals surface area contributed by atoms with Crippen LogP contribution < -0.4 is 0 Å². The Balaban J connectivity index is 1.64. The predicted molar refractivity (Wildman–Crippen MR) is 113 cm³/mol. The standard InChI is InChI=1S/C23H31FN4O/c1-26(2)13-14-28(23(29)20-9-5-11-25-15-20)17-19-7-6-12-27(16-19)18-21-8-3-4-10-22(21)24/h3-5,8-11,15,19H,6-7,12-14,16-18H2,1-2H3. The van der Waals surface area contributed by atoms with E-state index in [4.69, 9.17) is 0 Å². The first-order valence-electron chi connectivity index (χ1n) is 10.3. The number of amides is 1. The SMILES string of the molecule is CN(C)CCN(CC1CCCN(Cc2ccccc2F)C1)C(=O)c1cccnc1. The van der Waals surface area contributed by atoms with Gasteiger partial charge >= 0.3 is 0 Å². The number of rotatable bonds is 8. The number of piperidine rings is 1. The van der Waals surface area contributed by atoms with Crippen LogP contribution in [0.2, 0.25) is 0 Å². The number of carbonyl (C=O) groups excluding carboxylic acids is 1. The van der Waals surface area contributed by atoms with Gasteiger partial charge in [0.05, 0.1) is 5.56 Å². The molecule has 2 heterocycles. The van der Waals surface area contributed by atoms with E-state index in [0.717, 1.165) is 44.6 Å². The Bertz CT molecular complexity index is 783. The van der Waals surface area contributed by atoms with Gasteiger partial charge in [-0.25, -0.2) is 4.39 Å². The van der Waals surface area contributed by atoms with Gasteiger partial charge in [-0.15, -0.1) is 0 Å². The number of hydrogen-bond acceptors (Lipinski definition) is 4. The number of carbonyl (C=O) groups is 1. The van der Waals surface area contributed by atoms with Crippen LogP contribution >= 0.6 is 0 Å². The van der Waals surface area contributed by atoms with Gasteiger partial charge in [0.15, 0.2) is 0 Å². The fourth-order valence-corrected chi connectivity index (χ4v) is 3.89. The number of pyridine rings is 1. The maximum absolute atomic E-state index is 14.0. The van der Waals surface area contributed by atoms with Crippen molar-refractivity contribution in [3.63, 3.8) is 0 Å². The van der Waals surface area contributed by atoms with Gasteiger partial charge in [0.25, 0.3) is 5.91 Å². The van der Waals surface area contributed by atoms with Crippen molar-refractivity contribution in [2.45, 2.75) is 19.4 Å². The highest BCUT2D eigenvalue weighted by Gasteiger charge is 2.25. The van der Waals surface area contributed by atoms with Gasteiger partial charge in [-0.05, 0) is 57.6 Å². The van der Waals surface area contributed by atoms with Crippen LogP contribution in [0.5, 0.6) is 0 Å². The molecule has 1 saturated heterocycles. The summed E-state index contributed by atoms with van der Waals surface area (Å²) in [6.45, 7) is 4.70. The summed E-state index contributed by atoms with van der Waals surface area (Å²) in [5, 5.41) is 0. The number of likely N-dealkylation sites (N-methyl/N-ethyl adjacent to an activating group) is 1. The summed E-state index contributed by atoms with van der Waals surface area (Å²) in [4.78, 5) is 23.5. The van der Waals surface area contributed by atoms with Crippen molar-refractivity contribution in [1.29, 1.82) is 0 Å². The first-order valence-corrected chi connectivity index (χ1v) is 10.3. The Kier molecular flexibility index (Phi) is 7.72.